The van der Waals surface area contributed by atoms with E-state index in [1.807, 2.05) is 0 Å². The summed E-state index contributed by atoms with van der Waals surface area (Å²) in [5.41, 5.74) is 0.975. The van der Waals surface area contributed by atoms with Crippen molar-refractivity contribution in [3.8, 4) is 0 Å². The van der Waals surface area contributed by atoms with Crippen LogP contribution in [0, 0.1) is 5.82 Å². The van der Waals surface area contributed by atoms with E-state index in [0.29, 0.717) is 13.2 Å². The van der Waals surface area contributed by atoms with Crippen LogP contribution >= 0.6 is 0 Å². The van der Waals surface area contributed by atoms with Gasteiger partial charge >= 0.3 is 5.97 Å². The first kappa shape index (κ1) is 15.6. The van der Waals surface area contributed by atoms with Crippen LogP contribution in [0.25, 0.3) is 0 Å². The maximum atomic E-state index is 12.6. The number of ether oxygens (including phenoxy) is 1. The lowest BCUT2D eigenvalue weighted by atomic mass is 10.1. The van der Waals surface area contributed by atoms with Gasteiger partial charge < -0.3 is 9.84 Å². The van der Waals surface area contributed by atoms with Crippen molar-refractivity contribution >= 4 is 5.97 Å². The van der Waals surface area contributed by atoms with Gasteiger partial charge in [-0.25, -0.2) is 4.39 Å². The van der Waals surface area contributed by atoms with Crippen LogP contribution < -0.4 is 0 Å². The van der Waals surface area contributed by atoms with Crippen molar-refractivity contribution in [3.63, 3.8) is 0 Å². The summed E-state index contributed by atoms with van der Waals surface area (Å²) in [6, 6.07) is 6.31. The monoisotopic (exact) mass is 268 g/mol. The zero-order chi connectivity index (χ0) is 13.9. The summed E-state index contributed by atoms with van der Waals surface area (Å²) in [4.78, 5) is 10.3. The number of unbranched alkanes of at least 4 members (excludes halogenated alkanes) is 4. The van der Waals surface area contributed by atoms with Crippen LogP contribution in [0.2, 0.25) is 0 Å². The summed E-state index contributed by atoms with van der Waals surface area (Å²) in [5, 5.41) is 8.47. The number of carboxylic acids is 1. The van der Waals surface area contributed by atoms with Crippen molar-refractivity contribution in [1.29, 1.82) is 0 Å². The van der Waals surface area contributed by atoms with Gasteiger partial charge in [0.15, 0.2) is 0 Å². The van der Waals surface area contributed by atoms with Gasteiger partial charge in [0.05, 0.1) is 6.61 Å². The number of benzene rings is 1. The summed E-state index contributed by atoms with van der Waals surface area (Å²) in [6.45, 7) is 1.20. The number of rotatable bonds is 10. The number of halogens is 1. The molecule has 0 aliphatic carbocycles. The molecular formula is C15H21FO3. The highest BCUT2D eigenvalue weighted by Gasteiger charge is 1.97. The predicted molar refractivity (Wildman–Crippen MR) is 71.4 cm³/mol. The molecule has 0 atom stereocenters. The highest BCUT2D eigenvalue weighted by molar-refractivity contribution is 5.66. The number of carboxylic acid groups (broad SMARTS) is 1. The lowest BCUT2D eigenvalue weighted by Gasteiger charge is -2.04. The zero-order valence-corrected chi connectivity index (χ0v) is 11.1. The van der Waals surface area contributed by atoms with E-state index >= 15 is 0 Å². The number of hydrogen-bond donors (Lipinski definition) is 1. The summed E-state index contributed by atoms with van der Waals surface area (Å²) in [6.07, 6.45) is 5.07. The van der Waals surface area contributed by atoms with Gasteiger partial charge in [-0.2, -0.15) is 0 Å². The quantitative estimate of drug-likeness (QED) is 0.657. The highest BCUT2D eigenvalue weighted by Crippen LogP contribution is 2.07. The molecule has 0 amide bonds. The zero-order valence-electron chi connectivity index (χ0n) is 11.1. The molecule has 0 radical (unpaired) electrons. The molecule has 0 spiro atoms. The van der Waals surface area contributed by atoms with Crippen molar-refractivity contribution < 1.29 is 19.0 Å². The number of carbonyl (C=O) groups is 1. The molecule has 0 saturated carbocycles. The second-order valence-electron chi connectivity index (χ2n) is 4.59. The SMILES string of the molecule is O=C(O)CCCCCCCOCc1ccc(F)cc1. The molecule has 106 valence electrons. The Bertz CT molecular complexity index is 362. The Kier molecular flexibility index (Phi) is 7.82. The minimum absolute atomic E-state index is 0.231. The Balaban J connectivity index is 1.91. The molecule has 4 heteroatoms. The van der Waals surface area contributed by atoms with Crippen molar-refractivity contribution in [1.82, 2.24) is 0 Å². The second-order valence-corrected chi connectivity index (χ2v) is 4.59. The Morgan fingerprint density at radius 1 is 1.05 bits per heavy atom. The predicted octanol–water partition coefficient (Wildman–Crippen LogP) is 3.77. The van der Waals surface area contributed by atoms with Gasteiger partial charge in [0, 0.05) is 13.0 Å². The Morgan fingerprint density at radius 3 is 2.37 bits per heavy atom. The highest BCUT2D eigenvalue weighted by atomic mass is 19.1. The Labute approximate surface area is 113 Å². The van der Waals surface area contributed by atoms with Crippen molar-refractivity contribution in [2.75, 3.05) is 6.61 Å². The lowest BCUT2D eigenvalue weighted by molar-refractivity contribution is -0.137. The van der Waals surface area contributed by atoms with E-state index in [1.54, 1.807) is 12.1 Å². The fraction of sp³-hybridized carbons (Fsp3) is 0.533. The molecular weight excluding hydrogens is 247 g/mol. The smallest absolute Gasteiger partial charge is 0.303 e. The fourth-order valence-corrected chi connectivity index (χ4v) is 1.78. The molecule has 0 bridgehead atoms. The lowest BCUT2D eigenvalue weighted by Crippen LogP contribution is -1.96. The van der Waals surface area contributed by atoms with Crippen LogP contribution in [0.1, 0.15) is 44.1 Å². The Hall–Kier alpha value is -1.42. The fourth-order valence-electron chi connectivity index (χ4n) is 1.78. The summed E-state index contributed by atoms with van der Waals surface area (Å²) < 4.78 is 18.1. The molecule has 1 aromatic carbocycles. The largest absolute Gasteiger partial charge is 0.481 e. The first-order valence-corrected chi connectivity index (χ1v) is 6.72. The van der Waals surface area contributed by atoms with Crippen molar-refractivity contribution in [3.05, 3.63) is 35.6 Å². The summed E-state index contributed by atoms with van der Waals surface area (Å²) in [5.74, 6) is -0.951. The maximum Gasteiger partial charge on any atom is 0.303 e. The van der Waals surface area contributed by atoms with Gasteiger partial charge in [0.25, 0.3) is 0 Å². The van der Waals surface area contributed by atoms with E-state index in [1.165, 1.54) is 12.1 Å². The second kappa shape index (κ2) is 9.50. The third-order valence-corrected chi connectivity index (χ3v) is 2.86. The molecule has 19 heavy (non-hydrogen) atoms. The molecule has 1 N–H and O–H groups in total. The standard InChI is InChI=1S/C15H21FO3/c16-14-9-7-13(8-10-14)12-19-11-5-3-1-2-4-6-15(17)18/h7-10H,1-6,11-12H2,(H,17,18). The van der Waals surface area contributed by atoms with Gasteiger partial charge in [-0.15, -0.1) is 0 Å². The summed E-state index contributed by atoms with van der Waals surface area (Å²) in [7, 11) is 0. The third-order valence-electron chi connectivity index (χ3n) is 2.86. The van der Waals surface area contributed by atoms with E-state index in [9.17, 15) is 9.18 Å². The first-order chi connectivity index (χ1) is 9.18. The van der Waals surface area contributed by atoms with Gasteiger partial charge in [-0.3, -0.25) is 4.79 Å². The van der Waals surface area contributed by atoms with Gasteiger partial charge in [-0.05, 0) is 30.5 Å². The van der Waals surface area contributed by atoms with Crippen LogP contribution in [-0.2, 0) is 16.1 Å². The third kappa shape index (κ3) is 8.32. The minimum Gasteiger partial charge on any atom is -0.481 e. The van der Waals surface area contributed by atoms with Gasteiger partial charge in [0.2, 0.25) is 0 Å². The van der Waals surface area contributed by atoms with Crippen LogP contribution in [0.15, 0.2) is 24.3 Å². The molecule has 0 aromatic heterocycles. The molecule has 0 unspecified atom stereocenters. The Morgan fingerprint density at radius 2 is 1.68 bits per heavy atom. The average molecular weight is 268 g/mol. The maximum absolute atomic E-state index is 12.6. The van der Waals surface area contributed by atoms with Crippen LogP contribution in [0.3, 0.4) is 0 Å². The summed E-state index contributed by atoms with van der Waals surface area (Å²) >= 11 is 0. The molecule has 1 aromatic rings. The van der Waals surface area contributed by atoms with Crippen LogP contribution in [0.5, 0.6) is 0 Å². The number of hydrogen-bond acceptors (Lipinski definition) is 2. The van der Waals surface area contributed by atoms with Gasteiger partial charge in [0.1, 0.15) is 5.82 Å². The van der Waals surface area contributed by atoms with Crippen LogP contribution in [-0.4, -0.2) is 17.7 Å². The topological polar surface area (TPSA) is 46.5 Å². The molecule has 1 rings (SSSR count). The molecule has 0 aliphatic rings. The average Bonchev–Trinajstić information content (AvgIpc) is 2.38. The minimum atomic E-state index is -0.720. The molecule has 0 saturated heterocycles. The molecule has 0 heterocycles. The normalized spacial score (nSPS) is 10.6. The van der Waals surface area contributed by atoms with Crippen LogP contribution in [0.4, 0.5) is 4.39 Å². The van der Waals surface area contributed by atoms with E-state index in [0.717, 1.165) is 37.7 Å². The van der Waals surface area contributed by atoms with E-state index in [-0.39, 0.29) is 12.2 Å². The molecule has 0 fully saturated rings. The molecule has 3 nitrogen and oxygen atoms in total. The van der Waals surface area contributed by atoms with Gasteiger partial charge in [-0.1, -0.05) is 31.4 Å². The van der Waals surface area contributed by atoms with Crippen molar-refractivity contribution in [2.24, 2.45) is 0 Å². The van der Waals surface area contributed by atoms with E-state index in [4.69, 9.17) is 9.84 Å². The molecule has 0 aliphatic heterocycles. The van der Waals surface area contributed by atoms with E-state index < -0.39 is 5.97 Å². The first-order valence-electron chi connectivity index (χ1n) is 6.72. The number of aliphatic carboxylic acids is 1. The van der Waals surface area contributed by atoms with E-state index in [2.05, 4.69) is 0 Å². The van der Waals surface area contributed by atoms with Crippen molar-refractivity contribution in [2.45, 2.75) is 45.1 Å².